The second-order valence-corrected chi connectivity index (χ2v) is 6.21. The van der Waals surface area contributed by atoms with Crippen LogP contribution in [-0.4, -0.2) is 38.5 Å². The van der Waals surface area contributed by atoms with Crippen LogP contribution in [-0.2, 0) is 6.54 Å². The van der Waals surface area contributed by atoms with Crippen molar-refractivity contribution in [3.63, 3.8) is 0 Å². The molecule has 4 rings (SSSR count). The standard InChI is InChI=1S/C17H15N5OS/c1-24-15-5-3-2-4-11(15)16-18-7-6-12(20-16)13-10-14-17(23)19-8-9-22(14)21-13/h2-7,10H,8-9H2,1H3,(H,19,23). The van der Waals surface area contributed by atoms with Gasteiger partial charge in [-0.2, -0.15) is 5.10 Å². The van der Waals surface area contributed by atoms with E-state index >= 15 is 0 Å². The van der Waals surface area contributed by atoms with Crippen LogP contribution in [0.4, 0.5) is 0 Å². The van der Waals surface area contributed by atoms with Crippen molar-refractivity contribution in [2.45, 2.75) is 11.4 Å². The molecule has 0 saturated carbocycles. The molecule has 3 aromatic rings. The van der Waals surface area contributed by atoms with Crippen molar-refractivity contribution >= 4 is 17.7 Å². The van der Waals surface area contributed by atoms with E-state index in [-0.39, 0.29) is 5.91 Å². The van der Waals surface area contributed by atoms with Crippen LogP contribution >= 0.6 is 11.8 Å². The molecule has 1 N–H and O–H groups in total. The molecule has 3 heterocycles. The molecule has 120 valence electrons. The van der Waals surface area contributed by atoms with E-state index in [4.69, 9.17) is 0 Å². The summed E-state index contributed by atoms with van der Waals surface area (Å²) in [4.78, 5) is 22.1. The number of hydrogen-bond donors (Lipinski definition) is 1. The average Bonchev–Trinajstić information content (AvgIpc) is 3.08. The van der Waals surface area contributed by atoms with E-state index in [0.29, 0.717) is 36.0 Å². The molecule has 1 amide bonds. The van der Waals surface area contributed by atoms with Gasteiger partial charge in [-0.25, -0.2) is 9.97 Å². The SMILES string of the molecule is CSc1ccccc1-c1nccc(-c2cc3n(n2)CCNC3=O)n1. The van der Waals surface area contributed by atoms with Gasteiger partial charge in [-0.05, 0) is 24.5 Å². The third-order valence-electron chi connectivity index (χ3n) is 3.89. The molecule has 0 atom stereocenters. The Morgan fingerprint density at radius 2 is 2.08 bits per heavy atom. The Balaban J connectivity index is 1.77. The lowest BCUT2D eigenvalue weighted by atomic mass is 10.2. The van der Waals surface area contributed by atoms with E-state index in [2.05, 4.69) is 26.4 Å². The van der Waals surface area contributed by atoms with Crippen molar-refractivity contribution in [2.24, 2.45) is 0 Å². The van der Waals surface area contributed by atoms with Crippen LogP contribution in [0.5, 0.6) is 0 Å². The Morgan fingerprint density at radius 1 is 1.21 bits per heavy atom. The molecule has 0 bridgehead atoms. The molecule has 7 heteroatoms. The highest BCUT2D eigenvalue weighted by molar-refractivity contribution is 7.98. The van der Waals surface area contributed by atoms with Crippen LogP contribution in [0.25, 0.3) is 22.8 Å². The molecule has 24 heavy (non-hydrogen) atoms. The highest BCUT2D eigenvalue weighted by atomic mass is 32.2. The molecule has 1 aromatic carbocycles. The Kier molecular flexibility index (Phi) is 3.78. The molecule has 1 aliphatic rings. The number of carbonyl (C=O) groups excluding carboxylic acids is 1. The summed E-state index contributed by atoms with van der Waals surface area (Å²) in [5.74, 6) is 0.565. The molecule has 6 nitrogen and oxygen atoms in total. The Labute approximate surface area is 143 Å². The van der Waals surface area contributed by atoms with Gasteiger partial charge in [0, 0.05) is 23.2 Å². The van der Waals surface area contributed by atoms with Gasteiger partial charge < -0.3 is 5.32 Å². The first kappa shape index (κ1) is 14.9. The zero-order valence-electron chi connectivity index (χ0n) is 13.1. The number of amides is 1. The Bertz CT molecular complexity index is 921. The lowest BCUT2D eigenvalue weighted by Gasteiger charge is -2.13. The van der Waals surface area contributed by atoms with Crippen molar-refractivity contribution in [2.75, 3.05) is 12.8 Å². The second-order valence-electron chi connectivity index (χ2n) is 5.36. The van der Waals surface area contributed by atoms with E-state index < -0.39 is 0 Å². The summed E-state index contributed by atoms with van der Waals surface area (Å²) in [5.41, 5.74) is 2.97. The summed E-state index contributed by atoms with van der Waals surface area (Å²) in [6.45, 7) is 1.28. The maximum Gasteiger partial charge on any atom is 0.269 e. The van der Waals surface area contributed by atoms with Crippen LogP contribution in [0.15, 0.2) is 47.5 Å². The fraction of sp³-hybridized carbons (Fsp3) is 0.176. The van der Waals surface area contributed by atoms with Crippen LogP contribution in [0.1, 0.15) is 10.5 Å². The number of rotatable bonds is 3. The van der Waals surface area contributed by atoms with Gasteiger partial charge in [0.25, 0.3) is 5.91 Å². The van der Waals surface area contributed by atoms with Gasteiger partial charge in [0.2, 0.25) is 0 Å². The van der Waals surface area contributed by atoms with Crippen LogP contribution in [0, 0.1) is 0 Å². The quantitative estimate of drug-likeness (QED) is 0.743. The predicted octanol–water partition coefficient (Wildman–Crippen LogP) is 2.47. The molecular weight excluding hydrogens is 322 g/mol. The Morgan fingerprint density at radius 3 is 2.92 bits per heavy atom. The van der Waals surface area contributed by atoms with Crippen molar-refractivity contribution in [1.29, 1.82) is 0 Å². The number of nitrogens with zero attached hydrogens (tertiary/aromatic N) is 4. The maximum atomic E-state index is 11.9. The van der Waals surface area contributed by atoms with E-state index in [0.717, 1.165) is 10.5 Å². The molecule has 0 spiro atoms. The molecule has 0 aliphatic carbocycles. The van der Waals surface area contributed by atoms with Gasteiger partial charge in [0.15, 0.2) is 5.82 Å². The van der Waals surface area contributed by atoms with Crippen molar-refractivity contribution in [3.8, 4) is 22.8 Å². The number of benzene rings is 1. The fourth-order valence-corrected chi connectivity index (χ4v) is 3.32. The predicted molar refractivity (Wildman–Crippen MR) is 92.8 cm³/mol. The minimum Gasteiger partial charge on any atom is -0.349 e. The number of carbonyl (C=O) groups is 1. The van der Waals surface area contributed by atoms with E-state index in [1.165, 1.54) is 0 Å². The topological polar surface area (TPSA) is 72.7 Å². The molecule has 0 saturated heterocycles. The zero-order valence-corrected chi connectivity index (χ0v) is 13.9. The van der Waals surface area contributed by atoms with Gasteiger partial charge in [0.05, 0.1) is 12.2 Å². The third-order valence-corrected chi connectivity index (χ3v) is 4.68. The minimum atomic E-state index is -0.0954. The van der Waals surface area contributed by atoms with Gasteiger partial charge in [-0.1, -0.05) is 18.2 Å². The van der Waals surface area contributed by atoms with E-state index in [9.17, 15) is 4.79 Å². The van der Waals surface area contributed by atoms with Crippen molar-refractivity contribution < 1.29 is 4.79 Å². The van der Waals surface area contributed by atoms with Gasteiger partial charge in [-0.15, -0.1) is 11.8 Å². The molecule has 2 aromatic heterocycles. The summed E-state index contributed by atoms with van der Waals surface area (Å²) >= 11 is 1.66. The number of fused-ring (bicyclic) bond motifs is 1. The normalized spacial score (nSPS) is 13.5. The minimum absolute atomic E-state index is 0.0954. The van der Waals surface area contributed by atoms with E-state index in [1.54, 1.807) is 28.7 Å². The third kappa shape index (κ3) is 2.56. The van der Waals surface area contributed by atoms with Crippen LogP contribution in [0.2, 0.25) is 0 Å². The number of hydrogen-bond acceptors (Lipinski definition) is 5. The van der Waals surface area contributed by atoms with Gasteiger partial charge in [-0.3, -0.25) is 9.48 Å². The molecule has 0 radical (unpaired) electrons. The molecule has 0 unspecified atom stereocenters. The summed E-state index contributed by atoms with van der Waals surface area (Å²) < 4.78 is 1.73. The number of nitrogens with one attached hydrogen (secondary N) is 1. The summed E-state index contributed by atoms with van der Waals surface area (Å²) in [5, 5.41) is 7.33. The Hall–Kier alpha value is -2.67. The van der Waals surface area contributed by atoms with Gasteiger partial charge >= 0.3 is 0 Å². The second kappa shape index (κ2) is 6.09. The average molecular weight is 337 g/mol. The van der Waals surface area contributed by atoms with Crippen molar-refractivity contribution in [3.05, 3.63) is 48.3 Å². The van der Waals surface area contributed by atoms with Crippen LogP contribution in [0.3, 0.4) is 0 Å². The van der Waals surface area contributed by atoms with E-state index in [1.807, 2.05) is 30.5 Å². The first-order chi connectivity index (χ1) is 11.8. The smallest absolute Gasteiger partial charge is 0.269 e. The highest BCUT2D eigenvalue weighted by Gasteiger charge is 2.20. The van der Waals surface area contributed by atoms with Gasteiger partial charge in [0.1, 0.15) is 11.4 Å². The summed E-state index contributed by atoms with van der Waals surface area (Å²) in [6.07, 6.45) is 3.76. The molecule has 0 fully saturated rings. The lowest BCUT2D eigenvalue weighted by Crippen LogP contribution is -2.35. The first-order valence-electron chi connectivity index (χ1n) is 7.59. The monoisotopic (exact) mass is 337 g/mol. The summed E-state index contributed by atoms with van der Waals surface area (Å²) in [6, 6.07) is 11.6. The summed E-state index contributed by atoms with van der Waals surface area (Å²) in [7, 11) is 0. The molecule has 1 aliphatic heterocycles. The zero-order chi connectivity index (χ0) is 16.5. The fourth-order valence-electron chi connectivity index (χ4n) is 2.72. The maximum absolute atomic E-state index is 11.9. The number of thioether (sulfide) groups is 1. The van der Waals surface area contributed by atoms with Crippen molar-refractivity contribution in [1.82, 2.24) is 25.1 Å². The highest BCUT2D eigenvalue weighted by Crippen LogP contribution is 2.28. The largest absolute Gasteiger partial charge is 0.349 e. The first-order valence-corrected chi connectivity index (χ1v) is 8.81. The van der Waals surface area contributed by atoms with Crippen LogP contribution < -0.4 is 5.32 Å². The lowest BCUT2D eigenvalue weighted by molar-refractivity contribution is 0.0924. The molecular formula is C17H15N5OS. The number of aromatic nitrogens is 4.